The predicted molar refractivity (Wildman–Crippen MR) is 66.7 cm³/mol. The van der Waals surface area contributed by atoms with E-state index in [1.807, 2.05) is 6.26 Å². The maximum atomic E-state index is 13.7. The van der Waals surface area contributed by atoms with Crippen LogP contribution in [0.15, 0.2) is 18.2 Å². The Morgan fingerprint density at radius 3 is 2.53 bits per heavy atom. The Labute approximate surface area is 112 Å². The third-order valence-corrected chi connectivity index (χ3v) is 3.10. The van der Waals surface area contributed by atoms with E-state index in [-0.39, 0.29) is 0 Å². The third-order valence-electron chi connectivity index (χ3n) is 2.51. The first-order valence-electron chi connectivity index (χ1n) is 5.39. The number of hydrogen-bond donors (Lipinski definition) is 0. The van der Waals surface area contributed by atoms with Crippen LogP contribution in [0, 0.1) is 5.82 Å². The molecule has 0 bridgehead atoms. The molecule has 0 atom stereocenters. The highest BCUT2D eigenvalue weighted by atomic mass is 32.2. The fourth-order valence-electron chi connectivity index (χ4n) is 1.45. The molecule has 0 spiro atoms. The molecule has 7 heteroatoms. The van der Waals surface area contributed by atoms with Gasteiger partial charge in [0, 0.05) is 19.3 Å². The van der Waals surface area contributed by atoms with Gasteiger partial charge in [-0.1, -0.05) is 6.07 Å². The predicted octanol–water partition coefficient (Wildman–Crippen LogP) is 3.28. The van der Waals surface area contributed by atoms with E-state index in [0.717, 1.165) is 12.1 Å². The van der Waals surface area contributed by atoms with Gasteiger partial charge in [-0.25, -0.2) is 4.39 Å². The first kappa shape index (κ1) is 15.8. The third kappa shape index (κ3) is 3.86. The Hall–Kier alpha value is -1.24. The second kappa shape index (κ2) is 6.27. The van der Waals surface area contributed by atoms with Crippen LogP contribution in [0.3, 0.4) is 0 Å². The first-order chi connectivity index (χ1) is 8.79. The SMILES string of the molecule is CSCCN(C)C(=O)c1cccc(C(F)(F)F)c1F. The van der Waals surface area contributed by atoms with E-state index < -0.39 is 29.0 Å². The second-order valence-electron chi connectivity index (χ2n) is 3.88. The van der Waals surface area contributed by atoms with E-state index in [9.17, 15) is 22.4 Å². The maximum absolute atomic E-state index is 13.7. The molecule has 0 saturated heterocycles. The van der Waals surface area contributed by atoms with Crippen molar-refractivity contribution >= 4 is 17.7 Å². The molecule has 0 saturated carbocycles. The monoisotopic (exact) mass is 295 g/mol. The van der Waals surface area contributed by atoms with Crippen LogP contribution in [0.2, 0.25) is 0 Å². The van der Waals surface area contributed by atoms with Crippen molar-refractivity contribution in [2.45, 2.75) is 6.18 Å². The molecule has 0 unspecified atom stereocenters. The lowest BCUT2D eigenvalue weighted by molar-refractivity contribution is -0.140. The lowest BCUT2D eigenvalue weighted by Crippen LogP contribution is -2.30. The van der Waals surface area contributed by atoms with Crippen molar-refractivity contribution < 1.29 is 22.4 Å². The van der Waals surface area contributed by atoms with Crippen LogP contribution in [-0.2, 0) is 6.18 Å². The molecule has 0 heterocycles. The van der Waals surface area contributed by atoms with Gasteiger partial charge in [0.15, 0.2) is 0 Å². The van der Waals surface area contributed by atoms with Gasteiger partial charge in [-0.05, 0) is 18.4 Å². The van der Waals surface area contributed by atoms with Crippen molar-refractivity contribution in [1.29, 1.82) is 0 Å². The number of hydrogen-bond acceptors (Lipinski definition) is 2. The normalized spacial score (nSPS) is 11.5. The van der Waals surface area contributed by atoms with E-state index >= 15 is 0 Å². The van der Waals surface area contributed by atoms with E-state index in [0.29, 0.717) is 18.4 Å². The molecule has 0 aliphatic heterocycles. The van der Waals surface area contributed by atoms with Gasteiger partial charge in [-0.15, -0.1) is 0 Å². The van der Waals surface area contributed by atoms with Crippen molar-refractivity contribution in [3.05, 3.63) is 35.1 Å². The van der Waals surface area contributed by atoms with E-state index in [4.69, 9.17) is 0 Å². The molecule has 19 heavy (non-hydrogen) atoms. The highest BCUT2D eigenvalue weighted by Gasteiger charge is 2.35. The Kier molecular flexibility index (Phi) is 5.22. The molecule has 2 nitrogen and oxygen atoms in total. The minimum absolute atomic E-state index is 0.343. The van der Waals surface area contributed by atoms with Gasteiger partial charge < -0.3 is 4.90 Å². The summed E-state index contributed by atoms with van der Waals surface area (Å²) in [5, 5.41) is 0. The van der Waals surface area contributed by atoms with E-state index in [1.54, 1.807) is 0 Å². The smallest absolute Gasteiger partial charge is 0.341 e. The summed E-state index contributed by atoms with van der Waals surface area (Å²) < 4.78 is 51.3. The number of thioether (sulfide) groups is 1. The number of alkyl halides is 3. The number of carbonyl (C=O) groups is 1. The van der Waals surface area contributed by atoms with Crippen LogP contribution in [0.1, 0.15) is 15.9 Å². The van der Waals surface area contributed by atoms with Crippen LogP contribution in [0.25, 0.3) is 0 Å². The minimum Gasteiger partial charge on any atom is -0.341 e. The number of nitrogens with zero attached hydrogens (tertiary/aromatic N) is 1. The Morgan fingerprint density at radius 1 is 1.37 bits per heavy atom. The molecule has 0 aliphatic rings. The highest BCUT2D eigenvalue weighted by Crippen LogP contribution is 2.32. The summed E-state index contributed by atoms with van der Waals surface area (Å²) in [6.45, 7) is 0.343. The maximum Gasteiger partial charge on any atom is 0.419 e. The quantitative estimate of drug-likeness (QED) is 0.795. The van der Waals surface area contributed by atoms with E-state index in [2.05, 4.69) is 0 Å². The van der Waals surface area contributed by atoms with Crippen LogP contribution >= 0.6 is 11.8 Å². The standard InChI is InChI=1S/C12H13F4NOS/c1-17(6-7-19-2)11(18)8-4-3-5-9(10(8)13)12(14,15)16/h3-5H,6-7H2,1-2H3. The van der Waals surface area contributed by atoms with Gasteiger partial charge >= 0.3 is 6.18 Å². The summed E-state index contributed by atoms with van der Waals surface area (Å²) in [6, 6.07) is 2.71. The average Bonchev–Trinajstić information content (AvgIpc) is 2.34. The fraction of sp³-hybridized carbons (Fsp3) is 0.417. The molecule has 0 radical (unpaired) electrons. The van der Waals surface area contributed by atoms with Gasteiger partial charge in [0.1, 0.15) is 5.82 Å². The molecule has 0 aromatic heterocycles. The van der Waals surface area contributed by atoms with Crippen molar-refractivity contribution in [3.63, 3.8) is 0 Å². The average molecular weight is 295 g/mol. The van der Waals surface area contributed by atoms with Crippen LogP contribution in [0.4, 0.5) is 17.6 Å². The largest absolute Gasteiger partial charge is 0.419 e. The van der Waals surface area contributed by atoms with Crippen LogP contribution in [-0.4, -0.2) is 36.4 Å². The number of rotatable bonds is 4. The zero-order valence-electron chi connectivity index (χ0n) is 10.4. The van der Waals surface area contributed by atoms with Gasteiger partial charge in [-0.3, -0.25) is 4.79 Å². The molecule has 0 aliphatic carbocycles. The summed E-state index contributed by atoms with van der Waals surface area (Å²) in [5.74, 6) is -1.64. The van der Waals surface area contributed by atoms with Crippen molar-refractivity contribution in [3.8, 4) is 0 Å². The topological polar surface area (TPSA) is 20.3 Å². The minimum atomic E-state index is -4.81. The molecule has 1 aromatic rings. The lowest BCUT2D eigenvalue weighted by Gasteiger charge is -2.18. The lowest BCUT2D eigenvalue weighted by atomic mass is 10.1. The van der Waals surface area contributed by atoms with Crippen molar-refractivity contribution in [2.75, 3.05) is 25.6 Å². The molecule has 0 N–H and O–H groups in total. The molecule has 0 fully saturated rings. The molecule has 1 aromatic carbocycles. The number of amides is 1. The summed E-state index contributed by atoms with van der Waals surface area (Å²) in [7, 11) is 1.43. The van der Waals surface area contributed by atoms with Crippen molar-refractivity contribution in [2.24, 2.45) is 0 Å². The van der Waals surface area contributed by atoms with E-state index in [1.165, 1.54) is 23.7 Å². The van der Waals surface area contributed by atoms with Gasteiger partial charge in [0.2, 0.25) is 0 Å². The Morgan fingerprint density at radius 2 is 2.00 bits per heavy atom. The van der Waals surface area contributed by atoms with Gasteiger partial charge in [0.25, 0.3) is 5.91 Å². The van der Waals surface area contributed by atoms with Crippen LogP contribution in [0.5, 0.6) is 0 Å². The van der Waals surface area contributed by atoms with Crippen molar-refractivity contribution in [1.82, 2.24) is 4.90 Å². The number of benzene rings is 1. The summed E-state index contributed by atoms with van der Waals surface area (Å²) >= 11 is 1.49. The molecular weight excluding hydrogens is 282 g/mol. The molecule has 1 amide bonds. The Bertz CT molecular complexity index is 462. The van der Waals surface area contributed by atoms with Gasteiger partial charge in [-0.2, -0.15) is 24.9 Å². The zero-order chi connectivity index (χ0) is 14.6. The summed E-state index contributed by atoms with van der Waals surface area (Å²) in [5.41, 5.74) is -1.98. The van der Waals surface area contributed by atoms with Crippen LogP contribution < -0.4 is 0 Å². The molecule has 106 valence electrons. The number of halogens is 4. The number of carbonyl (C=O) groups excluding carboxylic acids is 1. The summed E-state index contributed by atoms with van der Waals surface area (Å²) in [4.78, 5) is 13.1. The summed E-state index contributed by atoms with van der Waals surface area (Å²) in [6.07, 6.45) is -2.97. The first-order valence-corrected chi connectivity index (χ1v) is 6.78. The molecular formula is C12H13F4NOS. The highest BCUT2D eigenvalue weighted by molar-refractivity contribution is 7.98. The molecule has 1 rings (SSSR count). The fourth-order valence-corrected chi connectivity index (χ4v) is 1.91. The van der Waals surface area contributed by atoms with Gasteiger partial charge in [0.05, 0.1) is 11.1 Å². The zero-order valence-corrected chi connectivity index (χ0v) is 11.2. The Balaban J connectivity index is 3.05. The second-order valence-corrected chi connectivity index (χ2v) is 4.87.